The average molecular weight is 450 g/mol. The number of imidazole rings is 1. The Labute approximate surface area is 192 Å². The zero-order valence-electron chi connectivity index (χ0n) is 18.6. The van der Waals surface area contributed by atoms with Crippen LogP contribution in [-0.2, 0) is 16.1 Å². The Hall–Kier alpha value is -3.75. The molecule has 9 heteroatoms. The smallest absolute Gasteiger partial charge is 0.390 e. The third kappa shape index (κ3) is 4.06. The number of amides is 2. The van der Waals surface area contributed by atoms with Gasteiger partial charge in [-0.25, -0.2) is 4.57 Å². The fourth-order valence-electron chi connectivity index (χ4n) is 4.90. The van der Waals surface area contributed by atoms with Gasteiger partial charge in [-0.05, 0) is 36.8 Å². The number of para-hydroxylation sites is 1. The number of hydrogen-bond donors (Lipinski definition) is 0. The number of benzene rings is 1. The van der Waals surface area contributed by atoms with Crippen LogP contribution in [0, 0.1) is 10.1 Å². The summed E-state index contributed by atoms with van der Waals surface area (Å²) in [6.45, 7) is 5.27. The van der Waals surface area contributed by atoms with Gasteiger partial charge in [0.2, 0.25) is 0 Å². The second-order valence-electron chi connectivity index (χ2n) is 8.26. The Balaban J connectivity index is 1.75. The Morgan fingerprint density at radius 1 is 1.30 bits per heavy atom. The maximum absolute atomic E-state index is 13.9. The molecule has 0 bridgehead atoms. The number of nitro groups is 1. The highest BCUT2D eigenvalue weighted by molar-refractivity contribution is 6.07. The van der Waals surface area contributed by atoms with Gasteiger partial charge in [-0.3, -0.25) is 14.5 Å². The molecule has 1 aromatic heterocycles. The summed E-state index contributed by atoms with van der Waals surface area (Å²) < 4.78 is 1.18. The maximum atomic E-state index is 13.9. The lowest BCUT2D eigenvalue weighted by Crippen LogP contribution is -2.45. The van der Waals surface area contributed by atoms with Crippen molar-refractivity contribution in [1.82, 2.24) is 14.5 Å². The number of fused-ring (bicyclic) bond motifs is 1. The molecule has 9 nitrogen and oxygen atoms in total. The molecule has 2 aliphatic rings. The lowest BCUT2D eigenvalue weighted by molar-refractivity contribution is -0.396. The molecule has 0 spiro atoms. The van der Waals surface area contributed by atoms with E-state index in [9.17, 15) is 19.7 Å². The van der Waals surface area contributed by atoms with Crippen molar-refractivity contribution in [2.45, 2.75) is 57.7 Å². The highest BCUT2D eigenvalue weighted by Crippen LogP contribution is 2.44. The van der Waals surface area contributed by atoms with Gasteiger partial charge in [0.25, 0.3) is 11.8 Å². The van der Waals surface area contributed by atoms with Gasteiger partial charge in [-0.2, -0.15) is 0 Å². The Morgan fingerprint density at radius 3 is 2.70 bits per heavy atom. The van der Waals surface area contributed by atoms with Crippen molar-refractivity contribution in [3.63, 3.8) is 0 Å². The average Bonchev–Trinajstić information content (AvgIpc) is 3.40. The fraction of sp³-hybridized carbons (Fsp3) is 0.375. The standard InChI is InChI=1S/C24H27N5O4/c1-3-17(4-2)28(21(30)16-26-15-14-25-24(26)29(32)33)22-19-12-8-9-13-20(19)27(23(22)31)18-10-6-5-7-11-18/h3-4,8-9,12-15,18,22H,1,5-7,10-11,16H2,2H3/b17-4+. The van der Waals surface area contributed by atoms with E-state index in [-0.39, 0.29) is 18.5 Å². The quantitative estimate of drug-likeness (QED) is 0.359. The highest BCUT2D eigenvalue weighted by Gasteiger charge is 2.46. The van der Waals surface area contributed by atoms with Crippen LogP contribution < -0.4 is 4.90 Å². The van der Waals surface area contributed by atoms with Crippen molar-refractivity contribution in [3.05, 3.63) is 76.8 Å². The third-order valence-electron chi connectivity index (χ3n) is 6.37. The van der Waals surface area contributed by atoms with Crippen LogP contribution in [0.4, 0.5) is 11.6 Å². The number of nitrogens with zero attached hydrogens (tertiary/aromatic N) is 5. The lowest BCUT2D eigenvalue weighted by Gasteiger charge is -2.33. The molecule has 1 saturated carbocycles. The number of allylic oxidation sites excluding steroid dienone is 2. The molecule has 2 amide bonds. The van der Waals surface area contributed by atoms with Crippen molar-refractivity contribution in [2.24, 2.45) is 0 Å². The first kappa shape index (κ1) is 22.4. The molecular formula is C24H27N5O4. The van der Waals surface area contributed by atoms with Gasteiger partial charge in [-0.15, -0.1) is 0 Å². The van der Waals surface area contributed by atoms with Crippen LogP contribution >= 0.6 is 0 Å². The molecule has 172 valence electrons. The first-order valence-corrected chi connectivity index (χ1v) is 11.2. The molecule has 0 radical (unpaired) electrons. The summed E-state index contributed by atoms with van der Waals surface area (Å²) in [5, 5.41) is 11.3. The minimum atomic E-state index is -0.859. The Morgan fingerprint density at radius 2 is 2.03 bits per heavy atom. The number of aromatic nitrogens is 2. The molecule has 0 saturated heterocycles. The van der Waals surface area contributed by atoms with Crippen molar-refractivity contribution in [3.8, 4) is 0 Å². The van der Waals surface area contributed by atoms with Crippen LogP contribution in [0.1, 0.15) is 50.6 Å². The second kappa shape index (κ2) is 9.40. The molecule has 1 fully saturated rings. The summed E-state index contributed by atoms with van der Waals surface area (Å²) in [6.07, 6.45) is 11.1. The molecule has 1 atom stereocenters. The summed E-state index contributed by atoms with van der Waals surface area (Å²) in [7, 11) is 0. The predicted molar refractivity (Wildman–Crippen MR) is 123 cm³/mol. The van der Waals surface area contributed by atoms with E-state index >= 15 is 0 Å². The lowest BCUT2D eigenvalue weighted by atomic mass is 9.94. The van der Waals surface area contributed by atoms with E-state index in [2.05, 4.69) is 11.6 Å². The summed E-state index contributed by atoms with van der Waals surface area (Å²) in [6, 6.07) is 6.79. The molecule has 2 heterocycles. The molecule has 0 N–H and O–H groups in total. The number of hydrogen-bond acceptors (Lipinski definition) is 5. The van der Waals surface area contributed by atoms with Crippen molar-refractivity contribution >= 4 is 23.5 Å². The Bertz CT molecular complexity index is 1120. The van der Waals surface area contributed by atoms with Gasteiger partial charge in [0.05, 0.1) is 0 Å². The summed E-state index contributed by atoms with van der Waals surface area (Å²) in [5.41, 5.74) is 2.05. The summed E-state index contributed by atoms with van der Waals surface area (Å²) in [4.78, 5) is 45.1. The van der Waals surface area contributed by atoms with Gasteiger partial charge >= 0.3 is 5.95 Å². The minimum absolute atomic E-state index is 0.0990. The molecule has 33 heavy (non-hydrogen) atoms. The van der Waals surface area contributed by atoms with E-state index in [0.29, 0.717) is 5.70 Å². The molecule has 1 unspecified atom stereocenters. The molecule has 2 aromatic rings. The topological polar surface area (TPSA) is 102 Å². The van der Waals surface area contributed by atoms with Crippen molar-refractivity contribution in [1.29, 1.82) is 0 Å². The van der Waals surface area contributed by atoms with Gasteiger partial charge in [0.15, 0.2) is 6.54 Å². The molecule has 1 aliphatic carbocycles. The number of rotatable bonds is 7. The largest absolute Gasteiger partial charge is 0.435 e. The maximum Gasteiger partial charge on any atom is 0.435 e. The van der Waals surface area contributed by atoms with E-state index in [4.69, 9.17) is 0 Å². The van der Waals surface area contributed by atoms with E-state index in [1.807, 2.05) is 29.2 Å². The van der Waals surface area contributed by atoms with Crippen LogP contribution in [0.3, 0.4) is 0 Å². The zero-order chi connectivity index (χ0) is 23.5. The van der Waals surface area contributed by atoms with E-state index in [1.54, 1.807) is 13.0 Å². The van der Waals surface area contributed by atoms with Crippen molar-refractivity contribution < 1.29 is 14.5 Å². The first-order chi connectivity index (χ1) is 16.0. The molecular weight excluding hydrogens is 422 g/mol. The highest BCUT2D eigenvalue weighted by atomic mass is 16.6. The van der Waals surface area contributed by atoms with Gasteiger partial charge < -0.3 is 15.0 Å². The molecule has 1 aliphatic heterocycles. The predicted octanol–water partition coefficient (Wildman–Crippen LogP) is 4.13. The van der Waals surface area contributed by atoms with Gasteiger partial charge in [0, 0.05) is 23.0 Å². The SMILES string of the molecule is C=C/C(=C\C)N(C(=O)Cn1ccnc1[N+](=O)[O-])C1C(=O)N(C2CCCCC2)c2ccccc21. The van der Waals surface area contributed by atoms with Gasteiger partial charge in [-0.1, -0.05) is 55.1 Å². The van der Waals surface area contributed by atoms with E-state index in [1.165, 1.54) is 27.9 Å². The van der Waals surface area contributed by atoms with Crippen LogP contribution in [0.25, 0.3) is 0 Å². The number of carbonyl (C=O) groups excluding carboxylic acids is 2. The number of carbonyl (C=O) groups is 2. The fourth-order valence-corrected chi connectivity index (χ4v) is 4.90. The molecule has 1 aromatic carbocycles. The summed E-state index contributed by atoms with van der Waals surface area (Å²) in [5.74, 6) is -1.04. The van der Waals surface area contributed by atoms with Crippen LogP contribution in [0.2, 0.25) is 0 Å². The zero-order valence-corrected chi connectivity index (χ0v) is 18.6. The normalized spacial score (nSPS) is 18.8. The van der Waals surface area contributed by atoms with Crippen LogP contribution in [0.5, 0.6) is 0 Å². The second-order valence-corrected chi connectivity index (χ2v) is 8.26. The van der Waals surface area contributed by atoms with Crippen LogP contribution in [-0.4, -0.2) is 37.2 Å². The summed E-state index contributed by atoms with van der Waals surface area (Å²) >= 11 is 0. The van der Waals surface area contributed by atoms with E-state index < -0.39 is 22.8 Å². The minimum Gasteiger partial charge on any atom is -0.390 e. The Kier molecular flexibility index (Phi) is 6.39. The van der Waals surface area contributed by atoms with E-state index in [0.717, 1.165) is 43.4 Å². The van der Waals surface area contributed by atoms with Crippen LogP contribution in [0.15, 0.2) is 61.1 Å². The number of anilines is 1. The van der Waals surface area contributed by atoms with Gasteiger partial charge in [0.1, 0.15) is 18.4 Å². The van der Waals surface area contributed by atoms with Crippen molar-refractivity contribution in [2.75, 3.05) is 4.90 Å². The first-order valence-electron chi connectivity index (χ1n) is 11.2. The third-order valence-corrected chi connectivity index (χ3v) is 6.37. The molecule has 4 rings (SSSR count). The monoisotopic (exact) mass is 449 g/mol.